The number of aromatic amines is 1. The van der Waals surface area contributed by atoms with Crippen molar-refractivity contribution in [2.75, 3.05) is 19.5 Å². The minimum Gasteiger partial charge on any atom is -0.493 e. The van der Waals surface area contributed by atoms with Crippen LogP contribution in [0.5, 0.6) is 11.5 Å². The smallest absolute Gasteiger partial charge is 0.162 e. The van der Waals surface area contributed by atoms with Gasteiger partial charge in [-0.25, -0.2) is 0 Å². The zero-order valence-electron chi connectivity index (χ0n) is 13.3. The van der Waals surface area contributed by atoms with Crippen LogP contribution in [0.2, 0.25) is 0 Å². The number of hydrogen-bond acceptors (Lipinski definition) is 5. The van der Waals surface area contributed by atoms with Crippen LogP contribution in [0.1, 0.15) is 0 Å². The van der Waals surface area contributed by atoms with Crippen LogP contribution >= 0.6 is 0 Å². The first-order chi connectivity index (χ1) is 11.8. The Bertz CT molecular complexity index is 1030. The predicted octanol–water partition coefficient (Wildman–Crippen LogP) is 3.87. The highest BCUT2D eigenvalue weighted by Crippen LogP contribution is 2.35. The second kappa shape index (κ2) is 5.73. The zero-order chi connectivity index (χ0) is 16.5. The molecule has 0 radical (unpaired) electrons. The highest BCUT2D eigenvalue weighted by Gasteiger charge is 2.10. The lowest BCUT2D eigenvalue weighted by atomic mass is 10.1. The lowest BCUT2D eigenvalue weighted by molar-refractivity contribution is 0.356. The van der Waals surface area contributed by atoms with Crippen molar-refractivity contribution in [2.45, 2.75) is 0 Å². The molecule has 0 aliphatic rings. The molecule has 0 amide bonds. The van der Waals surface area contributed by atoms with E-state index in [4.69, 9.17) is 9.47 Å². The van der Waals surface area contributed by atoms with E-state index in [9.17, 15) is 0 Å². The van der Waals surface area contributed by atoms with Crippen molar-refractivity contribution in [1.29, 1.82) is 0 Å². The van der Waals surface area contributed by atoms with E-state index in [1.54, 1.807) is 26.6 Å². The summed E-state index contributed by atoms with van der Waals surface area (Å²) in [5, 5.41) is 12.5. The van der Waals surface area contributed by atoms with Gasteiger partial charge >= 0.3 is 0 Å². The largest absolute Gasteiger partial charge is 0.493 e. The molecule has 2 aromatic heterocycles. The van der Waals surface area contributed by atoms with Gasteiger partial charge in [-0.2, -0.15) is 5.10 Å². The van der Waals surface area contributed by atoms with Gasteiger partial charge in [0.2, 0.25) is 0 Å². The molecule has 0 aliphatic heterocycles. The van der Waals surface area contributed by atoms with Crippen LogP contribution < -0.4 is 14.8 Å². The maximum Gasteiger partial charge on any atom is 0.162 e. The lowest BCUT2D eigenvalue weighted by Gasteiger charge is -2.13. The molecule has 0 fully saturated rings. The Kier molecular flexibility index (Phi) is 3.42. The van der Waals surface area contributed by atoms with Gasteiger partial charge in [-0.15, -0.1) is 0 Å². The Morgan fingerprint density at radius 2 is 1.83 bits per heavy atom. The van der Waals surface area contributed by atoms with Gasteiger partial charge < -0.3 is 14.8 Å². The second-order valence-electron chi connectivity index (χ2n) is 5.38. The molecule has 4 rings (SSSR count). The number of hydrogen-bond donors (Lipinski definition) is 2. The minimum atomic E-state index is 0.661. The van der Waals surface area contributed by atoms with Gasteiger partial charge in [0.05, 0.1) is 31.4 Å². The average molecular weight is 320 g/mol. The van der Waals surface area contributed by atoms with Crippen LogP contribution in [0.3, 0.4) is 0 Å². The number of pyridine rings is 1. The maximum absolute atomic E-state index is 5.40. The Labute approximate surface area is 138 Å². The number of methoxy groups -OCH3 is 2. The fourth-order valence-corrected chi connectivity index (χ4v) is 2.75. The van der Waals surface area contributed by atoms with E-state index in [2.05, 4.69) is 20.5 Å². The van der Waals surface area contributed by atoms with Gasteiger partial charge in [-0.05, 0) is 30.3 Å². The van der Waals surface area contributed by atoms with Gasteiger partial charge in [0, 0.05) is 34.4 Å². The third-order valence-corrected chi connectivity index (χ3v) is 3.97. The summed E-state index contributed by atoms with van der Waals surface area (Å²) in [4.78, 5) is 4.42. The number of H-pyrrole nitrogens is 1. The second-order valence-corrected chi connectivity index (χ2v) is 5.38. The van der Waals surface area contributed by atoms with E-state index < -0.39 is 0 Å². The first kappa shape index (κ1) is 14.3. The van der Waals surface area contributed by atoms with Crippen molar-refractivity contribution in [1.82, 2.24) is 15.2 Å². The number of rotatable bonds is 4. The fraction of sp³-hybridized carbons (Fsp3) is 0.111. The quantitative estimate of drug-likeness (QED) is 0.597. The van der Waals surface area contributed by atoms with E-state index >= 15 is 0 Å². The number of fused-ring (bicyclic) bond motifs is 2. The van der Waals surface area contributed by atoms with Crippen molar-refractivity contribution >= 4 is 33.2 Å². The van der Waals surface area contributed by atoms with Crippen LogP contribution in [0, 0.1) is 0 Å². The molecule has 120 valence electrons. The summed E-state index contributed by atoms with van der Waals surface area (Å²) in [6, 6.07) is 11.8. The fourth-order valence-electron chi connectivity index (χ4n) is 2.75. The molecule has 0 saturated carbocycles. The molecule has 6 heteroatoms. The van der Waals surface area contributed by atoms with Crippen molar-refractivity contribution < 1.29 is 9.47 Å². The molecular formula is C18H16N4O2. The Morgan fingerprint density at radius 3 is 2.67 bits per heavy atom. The van der Waals surface area contributed by atoms with E-state index in [-0.39, 0.29) is 0 Å². The first-order valence-electron chi connectivity index (χ1n) is 7.49. The summed E-state index contributed by atoms with van der Waals surface area (Å²) >= 11 is 0. The van der Waals surface area contributed by atoms with Crippen molar-refractivity contribution in [3.05, 3.63) is 48.8 Å². The molecule has 0 atom stereocenters. The number of benzene rings is 2. The number of aromatic nitrogens is 3. The summed E-state index contributed by atoms with van der Waals surface area (Å²) in [7, 11) is 3.24. The Balaban J connectivity index is 1.80. The molecule has 0 spiro atoms. The third-order valence-electron chi connectivity index (χ3n) is 3.97. The van der Waals surface area contributed by atoms with Gasteiger partial charge in [0.15, 0.2) is 11.5 Å². The topological polar surface area (TPSA) is 72.1 Å². The molecule has 0 saturated heterocycles. The first-order valence-corrected chi connectivity index (χ1v) is 7.49. The molecule has 0 unspecified atom stereocenters. The molecule has 6 nitrogen and oxygen atoms in total. The van der Waals surface area contributed by atoms with Crippen LogP contribution in [0.15, 0.2) is 48.8 Å². The van der Waals surface area contributed by atoms with Crippen molar-refractivity contribution in [3.63, 3.8) is 0 Å². The number of anilines is 2. The van der Waals surface area contributed by atoms with E-state index in [1.807, 2.05) is 36.4 Å². The highest BCUT2D eigenvalue weighted by atomic mass is 16.5. The molecular weight excluding hydrogens is 304 g/mol. The average Bonchev–Trinajstić information content (AvgIpc) is 3.08. The summed E-state index contributed by atoms with van der Waals surface area (Å²) < 4.78 is 10.7. The summed E-state index contributed by atoms with van der Waals surface area (Å²) in [6.45, 7) is 0. The highest BCUT2D eigenvalue weighted by molar-refractivity contribution is 5.95. The number of nitrogens with one attached hydrogen (secondary N) is 2. The van der Waals surface area contributed by atoms with E-state index in [0.29, 0.717) is 11.5 Å². The molecule has 0 aliphatic carbocycles. The van der Waals surface area contributed by atoms with E-state index in [0.717, 1.165) is 33.2 Å². The maximum atomic E-state index is 5.40. The molecule has 0 bridgehead atoms. The molecule has 4 aromatic rings. The van der Waals surface area contributed by atoms with Crippen LogP contribution in [-0.2, 0) is 0 Å². The van der Waals surface area contributed by atoms with Gasteiger partial charge in [-0.1, -0.05) is 0 Å². The summed E-state index contributed by atoms with van der Waals surface area (Å²) in [6.07, 6.45) is 3.57. The van der Waals surface area contributed by atoms with Gasteiger partial charge in [0.1, 0.15) is 0 Å². The third kappa shape index (κ3) is 2.38. The predicted molar refractivity (Wildman–Crippen MR) is 94.2 cm³/mol. The van der Waals surface area contributed by atoms with Gasteiger partial charge in [-0.3, -0.25) is 10.1 Å². The lowest BCUT2D eigenvalue weighted by Crippen LogP contribution is -1.95. The Hall–Kier alpha value is -3.28. The SMILES string of the molecule is COc1cc2nccc(Nc3ccc4cn[nH]c4c3)c2cc1OC. The standard InChI is InChI=1S/C18H16N4O2/c1-23-17-8-13-14(5-6-19-16(13)9-18(17)24-2)21-12-4-3-11-10-20-22-15(11)7-12/h3-10H,1-2H3,(H,19,21)(H,20,22). The number of ether oxygens (including phenoxy) is 2. The van der Waals surface area contributed by atoms with Crippen LogP contribution in [-0.4, -0.2) is 29.4 Å². The summed E-state index contributed by atoms with van der Waals surface area (Å²) in [5.74, 6) is 1.33. The molecule has 2 aromatic carbocycles. The molecule has 2 N–H and O–H groups in total. The van der Waals surface area contributed by atoms with Gasteiger partial charge in [0.25, 0.3) is 0 Å². The van der Waals surface area contributed by atoms with E-state index in [1.165, 1.54) is 0 Å². The Morgan fingerprint density at radius 1 is 1.00 bits per heavy atom. The van der Waals surface area contributed by atoms with Crippen molar-refractivity contribution in [2.24, 2.45) is 0 Å². The van der Waals surface area contributed by atoms with Crippen molar-refractivity contribution in [3.8, 4) is 11.5 Å². The minimum absolute atomic E-state index is 0.661. The monoisotopic (exact) mass is 320 g/mol. The number of nitrogens with zero attached hydrogens (tertiary/aromatic N) is 2. The summed E-state index contributed by atoms with van der Waals surface area (Å²) in [5.41, 5.74) is 3.73. The molecule has 24 heavy (non-hydrogen) atoms. The molecule has 2 heterocycles. The zero-order valence-corrected chi connectivity index (χ0v) is 13.3. The van der Waals surface area contributed by atoms with Crippen LogP contribution in [0.4, 0.5) is 11.4 Å². The normalized spacial score (nSPS) is 10.9. The van der Waals surface area contributed by atoms with Crippen LogP contribution in [0.25, 0.3) is 21.8 Å².